The summed E-state index contributed by atoms with van der Waals surface area (Å²) in [6.45, 7) is 4.79. The summed E-state index contributed by atoms with van der Waals surface area (Å²) >= 11 is 6.92. The second-order valence-electron chi connectivity index (χ2n) is 7.75. The molecule has 2 aromatic carbocycles. The van der Waals surface area contributed by atoms with Gasteiger partial charge >= 0.3 is 0 Å². The van der Waals surface area contributed by atoms with Gasteiger partial charge in [-0.15, -0.1) is 0 Å². The van der Waals surface area contributed by atoms with Gasteiger partial charge < -0.3 is 10.2 Å². The molecule has 0 amide bonds. The van der Waals surface area contributed by atoms with E-state index < -0.39 is 0 Å². The lowest BCUT2D eigenvalue weighted by Gasteiger charge is -2.29. The fourth-order valence-corrected chi connectivity index (χ4v) is 4.57. The molecule has 2 saturated heterocycles. The third kappa shape index (κ3) is 6.70. The predicted octanol–water partition coefficient (Wildman–Crippen LogP) is 6.17. The van der Waals surface area contributed by atoms with Crippen LogP contribution in [0.1, 0.15) is 48.6 Å². The number of nitrogens with zero attached hydrogens (tertiary/aromatic N) is 1. The Bertz CT molecular complexity index is 679. The van der Waals surface area contributed by atoms with Crippen LogP contribution in [0, 0.1) is 0 Å². The molecule has 2 nitrogen and oxygen atoms in total. The van der Waals surface area contributed by atoms with E-state index in [9.17, 15) is 0 Å². The second kappa shape index (κ2) is 10.8. The van der Waals surface area contributed by atoms with Crippen molar-refractivity contribution in [3.05, 3.63) is 68.6 Å². The molecule has 2 aliphatic rings. The molecule has 2 unspecified atom stereocenters. The van der Waals surface area contributed by atoms with Crippen LogP contribution in [-0.2, 0) is 0 Å². The molecule has 146 valence electrons. The zero-order chi connectivity index (χ0) is 19.1. The quantitative estimate of drug-likeness (QED) is 0.537. The van der Waals surface area contributed by atoms with Gasteiger partial charge in [0, 0.05) is 22.0 Å². The van der Waals surface area contributed by atoms with Gasteiger partial charge in [0.1, 0.15) is 0 Å². The van der Waals surface area contributed by atoms with E-state index in [0.717, 1.165) is 18.4 Å². The smallest absolute Gasteiger partial charge is 0.0175 e. The Kier molecular flexibility index (Phi) is 8.38. The Labute approximate surface area is 181 Å². The summed E-state index contributed by atoms with van der Waals surface area (Å²) in [4.78, 5) is 2.43. The predicted molar refractivity (Wildman–Crippen MR) is 123 cm³/mol. The van der Waals surface area contributed by atoms with E-state index in [-0.39, 0.29) is 0 Å². The molecule has 0 aliphatic carbocycles. The topological polar surface area (TPSA) is 15.3 Å². The minimum Gasteiger partial charge on any atom is -0.316 e. The van der Waals surface area contributed by atoms with Crippen LogP contribution in [0.15, 0.2) is 57.5 Å². The van der Waals surface area contributed by atoms with Crippen LogP contribution in [0.2, 0.25) is 0 Å². The van der Waals surface area contributed by atoms with Gasteiger partial charge in [-0.3, -0.25) is 0 Å². The number of likely N-dealkylation sites (N-methyl/N-ethyl adjacent to an activating group) is 1. The van der Waals surface area contributed by atoms with Crippen molar-refractivity contribution in [3.63, 3.8) is 0 Å². The molecule has 2 heterocycles. The zero-order valence-electron chi connectivity index (χ0n) is 16.1. The summed E-state index contributed by atoms with van der Waals surface area (Å²) < 4.78 is 2.34. The first kappa shape index (κ1) is 21.0. The van der Waals surface area contributed by atoms with Gasteiger partial charge in [0.2, 0.25) is 0 Å². The van der Waals surface area contributed by atoms with Crippen molar-refractivity contribution in [1.82, 2.24) is 10.2 Å². The molecule has 2 aliphatic heterocycles. The van der Waals surface area contributed by atoms with E-state index in [4.69, 9.17) is 0 Å². The van der Waals surface area contributed by atoms with E-state index in [1.807, 2.05) is 0 Å². The minimum atomic E-state index is 0.724. The van der Waals surface area contributed by atoms with Crippen molar-refractivity contribution >= 4 is 31.9 Å². The fraction of sp³-hybridized carbons (Fsp3) is 0.478. The van der Waals surface area contributed by atoms with Crippen LogP contribution in [0.25, 0.3) is 0 Å². The Balaban J connectivity index is 0.000000156. The van der Waals surface area contributed by atoms with Gasteiger partial charge in [0.15, 0.2) is 0 Å². The van der Waals surface area contributed by atoms with Crippen LogP contribution in [0.3, 0.4) is 0 Å². The number of hydrogen-bond acceptors (Lipinski definition) is 2. The average Bonchev–Trinajstić information content (AvgIpc) is 2.70. The van der Waals surface area contributed by atoms with Crippen molar-refractivity contribution in [3.8, 4) is 0 Å². The summed E-state index contributed by atoms with van der Waals surface area (Å²) in [7, 11) is 2.21. The zero-order valence-corrected chi connectivity index (χ0v) is 19.3. The summed E-state index contributed by atoms with van der Waals surface area (Å²) in [6.07, 6.45) is 5.30. The number of hydrogen-bond donors (Lipinski definition) is 1. The minimum absolute atomic E-state index is 0.724. The Hall–Kier alpha value is -0.680. The molecule has 2 fully saturated rings. The maximum Gasteiger partial charge on any atom is 0.0175 e. The standard InChI is InChI=1S/C12H16BrN.C11H14BrN/c1-14-8-2-3-11(9-14)10-4-6-12(13)7-5-10;12-11-5-3-9(4-6-11)10-2-1-7-13-8-10/h4-7,11H,2-3,8-9H2,1H3;3-6,10,13H,1-2,7-8H2. The summed E-state index contributed by atoms with van der Waals surface area (Å²) in [5, 5.41) is 3.44. The first-order valence-corrected chi connectivity index (χ1v) is 11.6. The normalized spacial score (nSPS) is 23.4. The number of rotatable bonds is 2. The molecule has 0 aromatic heterocycles. The maximum atomic E-state index is 3.47. The SMILES string of the molecule is Brc1ccc(C2CCCNC2)cc1.CN1CCCC(c2ccc(Br)cc2)C1. The second-order valence-corrected chi connectivity index (χ2v) is 9.58. The molecule has 0 radical (unpaired) electrons. The molecule has 0 bridgehead atoms. The molecule has 4 rings (SSSR count). The van der Waals surface area contributed by atoms with Gasteiger partial charge in [-0.25, -0.2) is 0 Å². The number of likely N-dealkylation sites (tertiary alicyclic amines) is 1. The van der Waals surface area contributed by atoms with Crippen molar-refractivity contribution < 1.29 is 0 Å². The van der Waals surface area contributed by atoms with Gasteiger partial charge in [0.05, 0.1) is 0 Å². The van der Waals surface area contributed by atoms with E-state index in [1.165, 1.54) is 65.4 Å². The number of benzene rings is 2. The lowest BCUT2D eigenvalue weighted by Crippen LogP contribution is -2.30. The van der Waals surface area contributed by atoms with Crippen LogP contribution in [-0.4, -0.2) is 38.1 Å². The number of nitrogens with one attached hydrogen (secondary N) is 1. The number of halogens is 2. The molecule has 2 aromatic rings. The third-order valence-electron chi connectivity index (χ3n) is 5.60. The Morgan fingerprint density at radius 1 is 0.815 bits per heavy atom. The van der Waals surface area contributed by atoms with Crippen molar-refractivity contribution in [2.24, 2.45) is 0 Å². The largest absolute Gasteiger partial charge is 0.316 e. The van der Waals surface area contributed by atoms with Gasteiger partial charge in [-0.2, -0.15) is 0 Å². The average molecular weight is 494 g/mol. The van der Waals surface area contributed by atoms with Crippen LogP contribution < -0.4 is 5.32 Å². The first-order chi connectivity index (χ1) is 13.1. The highest BCUT2D eigenvalue weighted by Crippen LogP contribution is 2.27. The van der Waals surface area contributed by atoms with E-state index >= 15 is 0 Å². The highest BCUT2D eigenvalue weighted by molar-refractivity contribution is 9.10. The molecular weight excluding hydrogens is 464 g/mol. The highest BCUT2D eigenvalue weighted by Gasteiger charge is 2.18. The summed E-state index contributed by atoms with van der Waals surface area (Å²) in [6, 6.07) is 17.5. The molecule has 27 heavy (non-hydrogen) atoms. The summed E-state index contributed by atoms with van der Waals surface area (Å²) in [5.74, 6) is 1.46. The van der Waals surface area contributed by atoms with Crippen molar-refractivity contribution in [2.45, 2.75) is 37.5 Å². The van der Waals surface area contributed by atoms with E-state index in [0.29, 0.717) is 0 Å². The van der Waals surface area contributed by atoms with Gasteiger partial charge in [-0.05, 0) is 93.0 Å². The summed E-state index contributed by atoms with van der Waals surface area (Å²) in [5.41, 5.74) is 2.95. The van der Waals surface area contributed by atoms with E-state index in [2.05, 4.69) is 97.7 Å². The van der Waals surface area contributed by atoms with Crippen molar-refractivity contribution in [1.29, 1.82) is 0 Å². The van der Waals surface area contributed by atoms with Crippen LogP contribution in [0.4, 0.5) is 0 Å². The lowest BCUT2D eigenvalue weighted by molar-refractivity contribution is 0.251. The molecule has 4 heteroatoms. The Morgan fingerprint density at radius 3 is 1.89 bits per heavy atom. The first-order valence-electron chi connectivity index (χ1n) is 10.0. The molecule has 0 spiro atoms. The fourth-order valence-electron chi connectivity index (χ4n) is 4.04. The van der Waals surface area contributed by atoms with Gasteiger partial charge in [-0.1, -0.05) is 56.1 Å². The maximum absolute atomic E-state index is 3.47. The molecule has 2 atom stereocenters. The molecule has 0 saturated carbocycles. The van der Waals surface area contributed by atoms with Crippen LogP contribution >= 0.6 is 31.9 Å². The molecule has 1 N–H and O–H groups in total. The lowest BCUT2D eigenvalue weighted by atomic mass is 9.91. The monoisotopic (exact) mass is 492 g/mol. The van der Waals surface area contributed by atoms with Crippen molar-refractivity contribution in [2.75, 3.05) is 33.2 Å². The third-order valence-corrected chi connectivity index (χ3v) is 6.66. The van der Waals surface area contributed by atoms with E-state index in [1.54, 1.807) is 0 Å². The van der Waals surface area contributed by atoms with Gasteiger partial charge in [0.25, 0.3) is 0 Å². The Morgan fingerprint density at radius 2 is 1.37 bits per heavy atom. The highest BCUT2D eigenvalue weighted by atomic mass is 79.9. The molecular formula is C23H30Br2N2. The number of piperidine rings is 2. The van der Waals surface area contributed by atoms with Crippen LogP contribution in [0.5, 0.6) is 0 Å².